The second kappa shape index (κ2) is 15.9. The van der Waals surface area contributed by atoms with E-state index < -0.39 is 0 Å². The van der Waals surface area contributed by atoms with E-state index in [4.69, 9.17) is 0 Å². The van der Waals surface area contributed by atoms with E-state index in [-0.39, 0.29) is 66.7 Å². The van der Waals surface area contributed by atoms with Gasteiger partial charge in [-0.3, -0.25) is 9.69 Å². The minimum atomic E-state index is -0.163. The van der Waals surface area contributed by atoms with Gasteiger partial charge in [0, 0.05) is 58.8 Å². The summed E-state index contributed by atoms with van der Waals surface area (Å²) in [5, 5.41) is 2.88. The van der Waals surface area contributed by atoms with Crippen LogP contribution < -0.4 is 5.32 Å². The van der Waals surface area contributed by atoms with Crippen LogP contribution in [-0.2, 0) is 37.5 Å². The van der Waals surface area contributed by atoms with E-state index >= 15 is 0 Å². The predicted octanol–water partition coefficient (Wildman–Crippen LogP) is 5.07. The quantitative estimate of drug-likeness (QED) is 0.725. The fraction of sp³-hybridized carbons (Fsp3) is 0.650. The van der Waals surface area contributed by atoms with Gasteiger partial charge < -0.3 is 5.32 Å². The molecule has 1 heterocycles. The molecule has 1 radical (unpaired) electrons. The SMILES string of the molecule is C.C.C.CC(=O)NC1CN(C(C)C)C1.CC(C)c1ccc(F)cc1.[Y]. The van der Waals surface area contributed by atoms with Gasteiger partial charge in [-0.1, -0.05) is 48.3 Å². The van der Waals surface area contributed by atoms with E-state index in [0.29, 0.717) is 18.0 Å². The summed E-state index contributed by atoms with van der Waals surface area (Å²) in [7, 11) is 0. The second-order valence-corrected chi connectivity index (χ2v) is 6.15. The van der Waals surface area contributed by atoms with Crippen LogP contribution >= 0.6 is 0 Å². The molecule has 1 amide bonds. The number of hydrogen-bond acceptors (Lipinski definition) is 2. The Labute approximate surface area is 181 Å². The standard InChI is InChI=1S/C9H11F.C8H16N2O.3CH4.Y/c1-7(2)8-3-5-9(10)6-4-8;1-6(2)10-4-8(5-10)9-7(3)11;;;;/h3-7H,1-2H3;6,8H,4-5H2,1-3H3,(H,9,11);3*1H4;. The molecule has 0 bridgehead atoms. The fourth-order valence-electron chi connectivity index (χ4n) is 2.16. The molecular weight excluding hydrogens is 392 g/mol. The minimum absolute atomic E-state index is 0. The molecule has 1 fully saturated rings. The van der Waals surface area contributed by atoms with Crippen LogP contribution in [0.15, 0.2) is 24.3 Å². The number of hydrogen-bond donors (Lipinski definition) is 1. The van der Waals surface area contributed by atoms with Crippen molar-refractivity contribution in [3.63, 3.8) is 0 Å². The average Bonchev–Trinajstić information content (AvgIpc) is 2.34. The van der Waals surface area contributed by atoms with Crippen molar-refractivity contribution in [2.75, 3.05) is 13.1 Å². The summed E-state index contributed by atoms with van der Waals surface area (Å²) in [5.41, 5.74) is 1.18. The Morgan fingerprint density at radius 1 is 1.08 bits per heavy atom. The first-order valence-corrected chi connectivity index (χ1v) is 7.56. The van der Waals surface area contributed by atoms with Crippen molar-refractivity contribution in [3.8, 4) is 0 Å². The van der Waals surface area contributed by atoms with Crippen molar-refractivity contribution < 1.29 is 41.9 Å². The molecule has 1 aliphatic heterocycles. The van der Waals surface area contributed by atoms with E-state index in [0.717, 1.165) is 13.1 Å². The molecule has 145 valence electrons. The van der Waals surface area contributed by atoms with Crippen LogP contribution in [0.2, 0.25) is 0 Å². The number of nitrogens with one attached hydrogen (secondary N) is 1. The van der Waals surface area contributed by atoms with Crippen LogP contribution in [0.1, 0.15) is 68.4 Å². The summed E-state index contributed by atoms with van der Waals surface area (Å²) >= 11 is 0. The van der Waals surface area contributed by atoms with E-state index in [1.54, 1.807) is 6.92 Å². The third kappa shape index (κ3) is 12.6. The first-order valence-electron chi connectivity index (χ1n) is 7.56. The molecule has 5 heteroatoms. The number of halogens is 1. The molecule has 1 N–H and O–H groups in total. The van der Waals surface area contributed by atoms with Gasteiger partial charge in [0.05, 0.1) is 6.04 Å². The van der Waals surface area contributed by atoms with E-state index in [9.17, 15) is 9.18 Å². The summed E-state index contributed by atoms with van der Waals surface area (Å²) in [4.78, 5) is 12.9. The predicted molar refractivity (Wildman–Crippen MR) is 105 cm³/mol. The van der Waals surface area contributed by atoms with Gasteiger partial charge in [0.1, 0.15) is 5.82 Å². The van der Waals surface area contributed by atoms with Gasteiger partial charge in [0.25, 0.3) is 0 Å². The fourth-order valence-corrected chi connectivity index (χ4v) is 2.16. The summed E-state index contributed by atoms with van der Waals surface area (Å²) in [6, 6.07) is 7.64. The summed E-state index contributed by atoms with van der Waals surface area (Å²) in [5.74, 6) is 0.406. The van der Waals surface area contributed by atoms with Crippen LogP contribution in [0.5, 0.6) is 0 Å². The van der Waals surface area contributed by atoms with Crippen molar-refractivity contribution in [2.45, 2.75) is 74.9 Å². The van der Waals surface area contributed by atoms with Crippen LogP contribution in [0, 0.1) is 5.82 Å². The number of likely N-dealkylation sites (tertiary alicyclic amines) is 1. The summed E-state index contributed by atoms with van der Waals surface area (Å²) < 4.78 is 12.4. The average molecular weight is 431 g/mol. The smallest absolute Gasteiger partial charge is 0.217 e. The first-order chi connectivity index (χ1) is 9.79. The number of carbonyl (C=O) groups excluding carboxylic acids is 1. The number of nitrogens with zero attached hydrogens (tertiary/aromatic N) is 1. The van der Waals surface area contributed by atoms with E-state index in [1.807, 2.05) is 12.1 Å². The molecule has 25 heavy (non-hydrogen) atoms. The Balaban J connectivity index is -0.000000152. The Morgan fingerprint density at radius 3 is 1.84 bits per heavy atom. The van der Waals surface area contributed by atoms with Crippen molar-refractivity contribution in [1.82, 2.24) is 10.2 Å². The molecule has 3 nitrogen and oxygen atoms in total. The normalized spacial score (nSPS) is 13.0. The molecular formula is C20H39FN2OY. The maximum atomic E-state index is 12.4. The first kappa shape index (κ1) is 32.4. The maximum absolute atomic E-state index is 12.4. The van der Waals surface area contributed by atoms with Crippen LogP contribution in [0.3, 0.4) is 0 Å². The van der Waals surface area contributed by atoms with Gasteiger partial charge >= 0.3 is 0 Å². The van der Waals surface area contributed by atoms with E-state index in [2.05, 4.69) is 37.9 Å². The summed E-state index contributed by atoms with van der Waals surface area (Å²) in [6.45, 7) is 12.1. The molecule has 0 unspecified atom stereocenters. The van der Waals surface area contributed by atoms with Gasteiger partial charge in [0.15, 0.2) is 0 Å². The second-order valence-electron chi connectivity index (χ2n) is 6.15. The Kier molecular flexibility index (Phi) is 20.6. The third-order valence-electron chi connectivity index (χ3n) is 3.58. The topological polar surface area (TPSA) is 32.3 Å². The van der Waals surface area contributed by atoms with Gasteiger partial charge in [0.2, 0.25) is 5.91 Å². The molecule has 1 aliphatic rings. The van der Waals surface area contributed by atoms with Crippen molar-refractivity contribution in [3.05, 3.63) is 35.6 Å². The molecule has 1 saturated heterocycles. The number of rotatable bonds is 3. The summed E-state index contributed by atoms with van der Waals surface area (Å²) in [6.07, 6.45) is 0. The zero-order valence-electron chi connectivity index (χ0n) is 14.3. The van der Waals surface area contributed by atoms with Crippen LogP contribution in [0.4, 0.5) is 4.39 Å². The van der Waals surface area contributed by atoms with Gasteiger partial charge in [-0.2, -0.15) is 0 Å². The van der Waals surface area contributed by atoms with Crippen molar-refractivity contribution in [1.29, 1.82) is 0 Å². The van der Waals surface area contributed by atoms with Crippen molar-refractivity contribution in [2.24, 2.45) is 0 Å². The molecule has 0 saturated carbocycles. The monoisotopic (exact) mass is 431 g/mol. The number of benzene rings is 1. The Bertz CT molecular complexity index is 444. The molecule has 0 spiro atoms. The maximum Gasteiger partial charge on any atom is 0.217 e. The van der Waals surface area contributed by atoms with Crippen LogP contribution in [0.25, 0.3) is 0 Å². The number of amides is 1. The minimum Gasteiger partial charge on any atom is -0.351 e. The zero-order chi connectivity index (χ0) is 16.0. The van der Waals surface area contributed by atoms with Gasteiger partial charge in [-0.15, -0.1) is 0 Å². The Hall–Kier alpha value is -0.316. The van der Waals surface area contributed by atoms with E-state index in [1.165, 1.54) is 17.7 Å². The largest absolute Gasteiger partial charge is 0.351 e. The molecule has 0 aromatic heterocycles. The van der Waals surface area contributed by atoms with Gasteiger partial charge in [-0.05, 0) is 37.5 Å². The van der Waals surface area contributed by atoms with Gasteiger partial charge in [-0.25, -0.2) is 4.39 Å². The molecule has 1 aromatic rings. The Morgan fingerprint density at radius 2 is 1.52 bits per heavy atom. The molecule has 0 aliphatic carbocycles. The third-order valence-corrected chi connectivity index (χ3v) is 3.58. The van der Waals surface area contributed by atoms with Crippen molar-refractivity contribution >= 4 is 5.91 Å². The zero-order valence-corrected chi connectivity index (χ0v) is 17.1. The van der Waals surface area contributed by atoms with Crippen LogP contribution in [-0.4, -0.2) is 36.0 Å². The number of carbonyl (C=O) groups is 1. The molecule has 1 aromatic carbocycles. The molecule has 0 atom stereocenters. The molecule has 2 rings (SSSR count).